The Morgan fingerprint density at radius 1 is 0.900 bits per heavy atom. The fourth-order valence-corrected chi connectivity index (χ4v) is 4.49. The zero-order chi connectivity index (χ0) is 21.6. The van der Waals surface area contributed by atoms with Crippen LogP contribution in [-0.4, -0.2) is 20.9 Å². The minimum atomic E-state index is -3.90. The van der Waals surface area contributed by atoms with Gasteiger partial charge in [-0.3, -0.25) is 9.10 Å². The van der Waals surface area contributed by atoms with Crippen LogP contribution >= 0.6 is 11.6 Å². The van der Waals surface area contributed by atoms with Gasteiger partial charge < -0.3 is 5.32 Å². The highest BCUT2D eigenvalue weighted by Crippen LogP contribution is 2.24. The van der Waals surface area contributed by atoms with Gasteiger partial charge in [-0.2, -0.15) is 0 Å². The fraction of sp³-hybridized carbons (Fsp3) is 0.174. The molecule has 7 heteroatoms. The molecular formula is C23H23ClN2O3S. The van der Waals surface area contributed by atoms with Crippen molar-refractivity contribution in [3.05, 3.63) is 95.0 Å². The van der Waals surface area contributed by atoms with Crippen molar-refractivity contribution in [2.45, 2.75) is 24.8 Å². The topological polar surface area (TPSA) is 66.5 Å². The van der Waals surface area contributed by atoms with Crippen LogP contribution in [0, 0.1) is 0 Å². The average molecular weight is 443 g/mol. The van der Waals surface area contributed by atoms with Gasteiger partial charge in [0.25, 0.3) is 10.0 Å². The highest BCUT2D eigenvalue weighted by atomic mass is 35.5. The number of aryl methyl sites for hydroxylation is 1. The number of hydrogen-bond acceptors (Lipinski definition) is 3. The van der Waals surface area contributed by atoms with Crippen molar-refractivity contribution in [3.63, 3.8) is 0 Å². The van der Waals surface area contributed by atoms with E-state index in [4.69, 9.17) is 11.6 Å². The Bertz CT molecular complexity index is 1080. The molecule has 5 nitrogen and oxygen atoms in total. The van der Waals surface area contributed by atoms with Crippen molar-refractivity contribution in [1.82, 2.24) is 5.32 Å². The van der Waals surface area contributed by atoms with E-state index in [9.17, 15) is 13.2 Å². The number of carbonyl (C=O) groups is 1. The van der Waals surface area contributed by atoms with Gasteiger partial charge in [-0.25, -0.2) is 8.42 Å². The molecule has 0 aliphatic rings. The Labute approximate surface area is 182 Å². The van der Waals surface area contributed by atoms with E-state index in [0.29, 0.717) is 10.7 Å². The molecule has 0 spiro atoms. The van der Waals surface area contributed by atoms with E-state index in [2.05, 4.69) is 5.32 Å². The van der Waals surface area contributed by atoms with Crippen LogP contribution in [0.15, 0.2) is 83.8 Å². The number of hydrogen-bond donors (Lipinski definition) is 1. The minimum absolute atomic E-state index is 0.134. The third-order valence-electron chi connectivity index (χ3n) is 4.65. The molecule has 0 heterocycles. The van der Waals surface area contributed by atoms with Crippen LogP contribution in [0.5, 0.6) is 0 Å². The van der Waals surface area contributed by atoms with Gasteiger partial charge in [0, 0.05) is 11.6 Å². The van der Waals surface area contributed by atoms with Crippen molar-refractivity contribution in [1.29, 1.82) is 0 Å². The highest BCUT2D eigenvalue weighted by Gasteiger charge is 2.27. The van der Waals surface area contributed by atoms with Crippen LogP contribution in [0.4, 0.5) is 5.69 Å². The molecule has 0 atom stereocenters. The fourth-order valence-electron chi connectivity index (χ4n) is 2.92. The summed E-state index contributed by atoms with van der Waals surface area (Å²) in [6.07, 6.45) is 0.841. The summed E-state index contributed by atoms with van der Waals surface area (Å²) < 4.78 is 27.7. The second-order valence-electron chi connectivity index (χ2n) is 6.75. The van der Waals surface area contributed by atoms with Crippen LogP contribution in [0.2, 0.25) is 5.02 Å². The predicted octanol–water partition coefficient (Wildman–Crippen LogP) is 4.41. The van der Waals surface area contributed by atoms with Gasteiger partial charge >= 0.3 is 0 Å². The molecule has 3 rings (SSSR count). The number of nitrogens with zero attached hydrogens (tertiary/aromatic N) is 1. The van der Waals surface area contributed by atoms with E-state index in [0.717, 1.165) is 21.9 Å². The molecule has 0 saturated carbocycles. The minimum Gasteiger partial charge on any atom is -0.350 e. The van der Waals surface area contributed by atoms with Crippen LogP contribution in [0.1, 0.15) is 18.1 Å². The zero-order valence-electron chi connectivity index (χ0n) is 16.6. The summed E-state index contributed by atoms with van der Waals surface area (Å²) in [5.41, 5.74) is 2.40. The number of sulfonamides is 1. The van der Waals surface area contributed by atoms with Gasteiger partial charge in [0.15, 0.2) is 0 Å². The van der Waals surface area contributed by atoms with Crippen molar-refractivity contribution < 1.29 is 13.2 Å². The summed E-state index contributed by atoms with van der Waals surface area (Å²) >= 11 is 5.88. The number of rotatable bonds is 8. The van der Waals surface area contributed by atoms with Gasteiger partial charge in [0.1, 0.15) is 6.54 Å². The van der Waals surface area contributed by atoms with E-state index in [-0.39, 0.29) is 18.0 Å². The van der Waals surface area contributed by atoms with Gasteiger partial charge in [-0.05, 0) is 53.9 Å². The summed E-state index contributed by atoms with van der Waals surface area (Å²) in [6, 6.07) is 22.4. The van der Waals surface area contributed by atoms with Gasteiger partial charge in [0.05, 0.1) is 10.6 Å². The Morgan fingerprint density at radius 3 is 2.10 bits per heavy atom. The summed E-state index contributed by atoms with van der Waals surface area (Å²) in [4.78, 5) is 12.8. The lowest BCUT2D eigenvalue weighted by molar-refractivity contribution is -0.119. The normalized spacial score (nSPS) is 11.1. The third-order valence-corrected chi connectivity index (χ3v) is 6.69. The smallest absolute Gasteiger partial charge is 0.264 e. The maximum absolute atomic E-state index is 13.3. The van der Waals surface area contributed by atoms with Crippen LogP contribution < -0.4 is 9.62 Å². The van der Waals surface area contributed by atoms with Crippen molar-refractivity contribution in [2.75, 3.05) is 10.8 Å². The number of carbonyl (C=O) groups excluding carboxylic acids is 1. The Morgan fingerprint density at radius 2 is 1.50 bits per heavy atom. The molecule has 3 aromatic rings. The van der Waals surface area contributed by atoms with Gasteiger partial charge in [0.2, 0.25) is 5.91 Å². The number of halogens is 1. The monoisotopic (exact) mass is 442 g/mol. The highest BCUT2D eigenvalue weighted by molar-refractivity contribution is 7.92. The molecule has 156 valence electrons. The molecule has 0 unspecified atom stereocenters. The van der Waals surface area contributed by atoms with Crippen LogP contribution in [0.3, 0.4) is 0 Å². The number of benzene rings is 3. The summed E-state index contributed by atoms with van der Waals surface area (Å²) in [7, 11) is -3.90. The van der Waals surface area contributed by atoms with E-state index < -0.39 is 15.9 Å². The summed E-state index contributed by atoms with van der Waals surface area (Å²) in [5.74, 6) is -0.399. The third kappa shape index (κ3) is 5.40. The second-order valence-corrected chi connectivity index (χ2v) is 9.05. The average Bonchev–Trinajstić information content (AvgIpc) is 2.77. The van der Waals surface area contributed by atoms with Crippen molar-refractivity contribution in [2.24, 2.45) is 0 Å². The molecule has 0 aliphatic heterocycles. The summed E-state index contributed by atoms with van der Waals surface area (Å²) in [5, 5.41) is 3.39. The molecule has 1 amide bonds. The standard InChI is InChI=1S/C23H23ClN2O3S/c1-2-18-10-14-21(15-11-18)26(30(28,29)22-6-4-3-5-7-22)17-23(27)25-16-19-8-12-20(24)13-9-19/h3-15H,2,16-17H2,1H3,(H,25,27). The van der Waals surface area contributed by atoms with E-state index in [1.54, 1.807) is 42.5 Å². The Balaban J connectivity index is 1.83. The Kier molecular flexibility index (Phi) is 7.13. The maximum atomic E-state index is 13.3. The molecule has 3 aromatic carbocycles. The van der Waals surface area contributed by atoms with E-state index in [1.807, 2.05) is 31.2 Å². The lowest BCUT2D eigenvalue weighted by Crippen LogP contribution is -2.40. The Hall–Kier alpha value is -2.83. The molecule has 1 N–H and O–H groups in total. The molecule has 0 fully saturated rings. The quantitative estimate of drug-likeness (QED) is 0.561. The first-order valence-corrected chi connectivity index (χ1v) is 11.4. The molecular weight excluding hydrogens is 420 g/mol. The van der Waals surface area contributed by atoms with Gasteiger partial charge in [-0.15, -0.1) is 0 Å². The first-order valence-electron chi connectivity index (χ1n) is 9.58. The molecule has 0 bridgehead atoms. The van der Waals surface area contributed by atoms with Crippen LogP contribution in [-0.2, 0) is 27.8 Å². The number of nitrogens with one attached hydrogen (secondary N) is 1. The largest absolute Gasteiger partial charge is 0.350 e. The SMILES string of the molecule is CCc1ccc(N(CC(=O)NCc2ccc(Cl)cc2)S(=O)(=O)c2ccccc2)cc1. The number of anilines is 1. The molecule has 0 saturated heterocycles. The van der Waals surface area contributed by atoms with Crippen molar-refractivity contribution in [3.8, 4) is 0 Å². The van der Waals surface area contributed by atoms with Crippen molar-refractivity contribution >= 4 is 33.2 Å². The molecule has 30 heavy (non-hydrogen) atoms. The first-order chi connectivity index (χ1) is 14.4. The van der Waals surface area contributed by atoms with E-state index in [1.165, 1.54) is 12.1 Å². The lowest BCUT2D eigenvalue weighted by atomic mass is 10.1. The number of amides is 1. The maximum Gasteiger partial charge on any atom is 0.264 e. The summed E-state index contributed by atoms with van der Waals surface area (Å²) in [6.45, 7) is 1.98. The van der Waals surface area contributed by atoms with E-state index >= 15 is 0 Å². The second kappa shape index (κ2) is 9.78. The molecule has 0 radical (unpaired) electrons. The lowest BCUT2D eigenvalue weighted by Gasteiger charge is -2.24. The van der Waals surface area contributed by atoms with Gasteiger partial charge in [-0.1, -0.05) is 61.0 Å². The zero-order valence-corrected chi connectivity index (χ0v) is 18.2. The molecule has 0 aromatic heterocycles. The molecule has 0 aliphatic carbocycles. The van der Waals surface area contributed by atoms with Crippen LogP contribution in [0.25, 0.3) is 0 Å². The predicted molar refractivity (Wildman–Crippen MR) is 120 cm³/mol. The first kappa shape index (κ1) is 21.9.